The molecule has 0 bridgehead atoms. The molecule has 117 valence electrons. The molecule has 0 saturated carbocycles. The number of hydrogen-bond donors (Lipinski definition) is 0. The van der Waals surface area contributed by atoms with Crippen molar-refractivity contribution >= 4 is 28.4 Å². The maximum Gasteiger partial charge on any atom is 0.156 e. The number of rotatable bonds is 7. The van der Waals surface area contributed by atoms with Gasteiger partial charge >= 0.3 is 0 Å². The summed E-state index contributed by atoms with van der Waals surface area (Å²) in [5.74, 6) is 0. The quantitative estimate of drug-likeness (QED) is 0.550. The Morgan fingerprint density at radius 1 is 0.818 bits per heavy atom. The predicted molar refractivity (Wildman–Crippen MR) is 104 cm³/mol. The second kappa shape index (κ2) is 7.79. The van der Waals surface area contributed by atoms with Crippen LogP contribution in [0.3, 0.4) is 0 Å². The standard InChI is InChI=1S/C19H28NSi2/c1-21(2)16-11-17-22(3,4)20(18-12-7-5-8-13-18)19-14-9-6-10-15-19/h5-10,12-15H,11,16-17H2,1-4H3. The number of nitrogens with zero attached hydrogens (tertiary/aromatic N) is 1. The Hall–Kier alpha value is -1.33. The van der Waals surface area contributed by atoms with Gasteiger partial charge in [0.2, 0.25) is 0 Å². The summed E-state index contributed by atoms with van der Waals surface area (Å²) in [7, 11) is -1.64. The summed E-state index contributed by atoms with van der Waals surface area (Å²) < 4.78 is 2.63. The Morgan fingerprint density at radius 2 is 1.27 bits per heavy atom. The summed E-state index contributed by atoms with van der Waals surface area (Å²) >= 11 is 0. The molecule has 3 heteroatoms. The van der Waals surface area contributed by atoms with Crippen LogP contribution >= 0.6 is 0 Å². The Bertz CT molecular complexity index is 513. The van der Waals surface area contributed by atoms with E-state index in [2.05, 4.69) is 91.4 Å². The first kappa shape index (κ1) is 17.0. The maximum absolute atomic E-state index is 2.63. The fourth-order valence-corrected chi connectivity index (χ4v) is 7.19. The van der Waals surface area contributed by atoms with Gasteiger partial charge in [0.1, 0.15) is 0 Å². The van der Waals surface area contributed by atoms with Crippen LogP contribution in [-0.4, -0.2) is 17.0 Å². The van der Waals surface area contributed by atoms with E-state index in [1.54, 1.807) is 0 Å². The van der Waals surface area contributed by atoms with E-state index in [-0.39, 0.29) is 8.80 Å². The van der Waals surface area contributed by atoms with Crippen LogP contribution in [0.2, 0.25) is 38.3 Å². The molecule has 1 radical (unpaired) electrons. The monoisotopic (exact) mass is 326 g/mol. The molecule has 0 aliphatic rings. The molecule has 0 aliphatic carbocycles. The molecule has 0 saturated heterocycles. The van der Waals surface area contributed by atoms with Crippen molar-refractivity contribution in [2.24, 2.45) is 0 Å². The van der Waals surface area contributed by atoms with Gasteiger partial charge in [0, 0.05) is 20.2 Å². The summed E-state index contributed by atoms with van der Waals surface area (Å²) in [5, 5.41) is 0. The molecular formula is C19H28NSi2. The van der Waals surface area contributed by atoms with Crippen LogP contribution in [0.4, 0.5) is 11.4 Å². The first-order valence-electron chi connectivity index (χ1n) is 8.20. The van der Waals surface area contributed by atoms with Crippen LogP contribution < -0.4 is 4.57 Å². The Labute approximate surface area is 138 Å². The molecule has 0 fully saturated rings. The van der Waals surface area contributed by atoms with E-state index in [0.717, 1.165) is 0 Å². The molecule has 0 amide bonds. The molecule has 0 aliphatic heterocycles. The van der Waals surface area contributed by atoms with E-state index in [0.29, 0.717) is 0 Å². The third kappa shape index (κ3) is 4.58. The highest BCUT2D eigenvalue weighted by atomic mass is 28.3. The zero-order valence-corrected chi connectivity index (χ0v) is 16.3. The molecule has 2 aromatic carbocycles. The van der Waals surface area contributed by atoms with Gasteiger partial charge in [0.05, 0.1) is 0 Å². The average Bonchev–Trinajstić information content (AvgIpc) is 2.48. The van der Waals surface area contributed by atoms with E-state index in [9.17, 15) is 0 Å². The second-order valence-corrected chi connectivity index (χ2v) is 14.4. The fourth-order valence-electron chi connectivity index (χ4n) is 2.99. The highest BCUT2D eigenvalue weighted by Gasteiger charge is 2.30. The van der Waals surface area contributed by atoms with E-state index in [4.69, 9.17) is 0 Å². The molecule has 0 unspecified atom stereocenters. The van der Waals surface area contributed by atoms with Gasteiger partial charge in [-0.2, -0.15) is 0 Å². The normalized spacial score (nSPS) is 11.7. The zero-order chi connectivity index (χ0) is 16.0. The molecule has 0 N–H and O–H groups in total. The van der Waals surface area contributed by atoms with Crippen molar-refractivity contribution in [2.75, 3.05) is 4.57 Å². The van der Waals surface area contributed by atoms with E-state index in [1.807, 2.05) is 0 Å². The van der Waals surface area contributed by atoms with Gasteiger partial charge < -0.3 is 4.57 Å². The minimum atomic E-state index is -1.53. The van der Waals surface area contributed by atoms with Crippen molar-refractivity contribution in [3.8, 4) is 0 Å². The first-order valence-corrected chi connectivity index (χ1v) is 14.1. The van der Waals surface area contributed by atoms with Crippen molar-refractivity contribution in [1.82, 2.24) is 0 Å². The first-order chi connectivity index (χ1) is 10.5. The molecule has 2 rings (SSSR count). The number of anilines is 2. The van der Waals surface area contributed by atoms with Gasteiger partial charge in [-0.15, -0.1) is 0 Å². The fraction of sp³-hybridized carbons (Fsp3) is 0.368. The second-order valence-electron chi connectivity index (χ2n) is 6.88. The zero-order valence-electron chi connectivity index (χ0n) is 14.3. The Morgan fingerprint density at radius 3 is 1.68 bits per heavy atom. The molecule has 2 aromatic rings. The molecule has 0 aromatic heterocycles. The van der Waals surface area contributed by atoms with Crippen LogP contribution in [0.15, 0.2) is 60.7 Å². The average molecular weight is 327 g/mol. The molecule has 0 atom stereocenters. The third-order valence-corrected chi connectivity index (χ3v) is 8.76. The lowest BCUT2D eigenvalue weighted by Crippen LogP contribution is -2.45. The van der Waals surface area contributed by atoms with Gasteiger partial charge in [-0.05, 0) is 30.3 Å². The van der Waals surface area contributed by atoms with E-state index >= 15 is 0 Å². The molecule has 22 heavy (non-hydrogen) atoms. The minimum Gasteiger partial charge on any atom is -0.369 e. The lowest BCUT2D eigenvalue weighted by Gasteiger charge is -2.39. The molecule has 0 heterocycles. The number of benzene rings is 2. The lowest BCUT2D eigenvalue weighted by atomic mass is 10.3. The minimum absolute atomic E-state index is 0.106. The van der Waals surface area contributed by atoms with Gasteiger partial charge in [-0.25, -0.2) is 0 Å². The van der Waals surface area contributed by atoms with Gasteiger partial charge in [-0.1, -0.05) is 75.1 Å². The largest absolute Gasteiger partial charge is 0.369 e. The number of hydrogen-bond acceptors (Lipinski definition) is 1. The van der Waals surface area contributed by atoms with Crippen molar-refractivity contribution < 1.29 is 0 Å². The van der Waals surface area contributed by atoms with Gasteiger partial charge in [0.15, 0.2) is 8.24 Å². The highest BCUT2D eigenvalue weighted by molar-refractivity contribution is 6.82. The summed E-state index contributed by atoms with van der Waals surface area (Å²) in [4.78, 5) is 0. The predicted octanol–water partition coefficient (Wildman–Crippen LogP) is 6.17. The molecular weight excluding hydrogens is 298 g/mol. The van der Waals surface area contributed by atoms with Crippen LogP contribution in [0.25, 0.3) is 0 Å². The summed E-state index contributed by atoms with van der Waals surface area (Å²) in [6.45, 7) is 9.85. The van der Waals surface area contributed by atoms with Crippen molar-refractivity contribution in [1.29, 1.82) is 0 Å². The summed E-state index contributed by atoms with van der Waals surface area (Å²) in [5.41, 5.74) is 2.67. The van der Waals surface area contributed by atoms with Crippen LogP contribution in [0.5, 0.6) is 0 Å². The SMILES string of the molecule is C[Si](C)CCC[Si](C)(C)N(c1ccccc1)c1ccccc1. The van der Waals surface area contributed by atoms with Gasteiger partial charge in [-0.3, -0.25) is 0 Å². The van der Waals surface area contributed by atoms with Crippen molar-refractivity contribution in [3.05, 3.63) is 60.7 Å². The smallest absolute Gasteiger partial charge is 0.156 e. The van der Waals surface area contributed by atoms with Crippen LogP contribution in [0.1, 0.15) is 6.42 Å². The van der Waals surface area contributed by atoms with Crippen molar-refractivity contribution in [2.45, 2.75) is 44.7 Å². The maximum atomic E-state index is 2.63. The Kier molecular flexibility index (Phi) is 6.03. The van der Waals surface area contributed by atoms with Crippen LogP contribution in [0, 0.1) is 0 Å². The van der Waals surface area contributed by atoms with E-state index < -0.39 is 8.24 Å². The highest BCUT2D eigenvalue weighted by Crippen LogP contribution is 2.33. The van der Waals surface area contributed by atoms with E-state index in [1.165, 1.54) is 29.9 Å². The topological polar surface area (TPSA) is 3.24 Å². The van der Waals surface area contributed by atoms with Crippen LogP contribution in [-0.2, 0) is 0 Å². The molecule has 0 spiro atoms. The Balaban J connectivity index is 2.28. The molecule has 1 nitrogen and oxygen atoms in total. The lowest BCUT2D eigenvalue weighted by molar-refractivity contribution is 1.01. The number of para-hydroxylation sites is 2. The summed E-state index contributed by atoms with van der Waals surface area (Å²) in [6, 6.07) is 24.6. The van der Waals surface area contributed by atoms with Gasteiger partial charge in [0.25, 0.3) is 0 Å². The van der Waals surface area contributed by atoms with Crippen molar-refractivity contribution in [3.63, 3.8) is 0 Å². The third-order valence-electron chi connectivity index (χ3n) is 4.10. The summed E-state index contributed by atoms with van der Waals surface area (Å²) in [6.07, 6.45) is 1.37.